The number of nitrogens with one attached hydrogen (secondary N) is 1. The Kier molecular flexibility index (Phi) is 4.31. The van der Waals surface area contributed by atoms with E-state index in [1.807, 2.05) is 36.9 Å². The number of carbonyl (C=O) groups excluding carboxylic acids is 1. The molecule has 4 heterocycles. The van der Waals surface area contributed by atoms with Gasteiger partial charge in [-0.15, -0.1) is 5.10 Å². The summed E-state index contributed by atoms with van der Waals surface area (Å²) < 4.78 is 12.5. The van der Waals surface area contributed by atoms with Crippen LogP contribution in [0.4, 0.5) is 0 Å². The number of fused-ring (bicyclic) bond motifs is 2. The van der Waals surface area contributed by atoms with Gasteiger partial charge in [0.1, 0.15) is 6.54 Å². The molecule has 0 atom stereocenters. The molecule has 5 rings (SSSR count). The van der Waals surface area contributed by atoms with Gasteiger partial charge in [0.25, 0.3) is 11.7 Å². The van der Waals surface area contributed by atoms with Crippen LogP contribution in [-0.4, -0.2) is 63.4 Å². The zero-order valence-corrected chi connectivity index (χ0v) is 16.5. The third-order valence-corrected chi connectivity index (χ3v) is 5.46. The van der Waals surface area contributed by atoms with Crippen LogP contribution in [-0.2, 0) is 6.54 Å². The lowest BCUT2D eigenvalue weighted by atomic mass is 10.1. The second-order valence-corrected chi connectivity index (χ2v) is 7.59. The number of nitrogens with zero attached hydrogens (tertiary/aromatic N) is 5. The number of piperazine rings is 1. The van der Waals surface area contributed by atoms with Gasteiger partial charge in [0.2, 0.25) is 12.6 Å². The SMILES string of the molecule is Cc1cc(C)n2nc(C(=O)N3CC[NH+](Cc4ccc5c(c4)OCO5)CC3)nc2n1. The molecule has 0 saturated carbocycles. The van der Waals surface area contributed by atoms with Crippen LogP contribution in [0.3, 0.4) is 0 Å². The standard InChI is InChI=1S/C20H22N6O3/c1-13-9-14(2)26-20(21-13)22-18(23-26)19(27)25-7-5-24(6-8-25)11-15-3-4-16-17(10-15)29-12-28-16/h3-4,9-10H,5-8,11-12H2,1-2H3/p+1. The maximum atomic E-state index is 12.9. The second-order valence-electron chi connectivity index (χ2n) is 7.59. The Hall–Kier alpha value is -3.20. The summed E-state index contributed by atoms with van der Waals surface area (Å²) in [6, 6.07) is 8.01. The molecule has 0 aliphatic carbocycles. The normalized spacial score (nSPS) is 16.6. The first-order valence-corrected chi connectivity index (χ1v) is 9.79. The van der Waals surface area contributed by atoms with Crippen molar-refractivity contribution in [2.75, 3.05) is 33.0 Å². The van der Waals surface area contributed by atoms with E-state index in [-0.39, 0.29) is 18.5 Å². The number of hydrogen-bond donors (Lipinski definition) is 1. The van der Waals surface area contributed by atoms with Crippen LogP contribution in [0.2, 0.25) is 0 Å². The number of aromatic nitrogens is 4. The van der Waals surface area contributed by atoms with Crippen molar-refractivity contribution in [3.63, 3.8) is 0 Å². The summed E-state index contributed by atoms with van der Waals surface area (Å²) in [6.07, 6.45) is 0. The fraction of sp³-hybridized carbons (Fsp3) is 0.400. The summed E-state index contributed by atoms with van der Waals surface area (Å²) in [7, 11) is 0. The average molecular weight is 395 g/mol. The Bertz CT molecular complexity index is 1090. The molecule has 1 saturated heterocycles. The first-order chi connectivity index (χ1) is 14.1. The third kappa shape index (κ3) is 3.38. The van der Waals surface area contributed by atoms with Crippen molar-refractivity contribution in [1.82, 2.24) is 24.5 Å². The van der Waals surface area contributed by atoms with Gasteiger partial charge in [-0.25, -0.2) is 9.50 Å². The molecule has 1 N–H and O–H groups in total. The smallest absolute Gasteiger partial charge is 0.294 e. The molecular formula is C20H23N6O3+. The highest BCUT2D eigenvalue weighted by Crippen LogP contribution is 2.32. The molecule has 1 fully saturated rings. The third-order valence-electron chi connectivity index (χ3n) is 5.46. The quantitative estimate of drug-likeness (QED) is 0.673. The molecule has 2 aliphatic heterocycles. The van der Waals surface area contributed by atoms with Crippen molar-refractivity contribution in [2.24, 2.45) is 0 Å². The van der Waals surface area contributed by atoms with Gasteiger partial charge in [0.15, 0.2) is 11.5 Å². The van der Waals surface area contributed by atoms with Crippen LogP contribution in [0.15, 0.2) is 24.3 Å². The Morgan fingerprint density at radius 1 is 1.10 bits per heavy atom. The van der Waals surface area contributed by atoms with Crippen molar-refractivity contribution >= 4 is 11.7 Å². The first kappa shape index (κ1) is 17.9. The lowest BCUT2D eigenvalue weighted by Crippen LogP contribution is -3.13. The number of rotatable bonds is 3. The molecule has 2 aliphatic rings. The molecule has 0 unspecified atom stereocenters. The van der Waals surface area contributed by atoms with Crippen LogP contribution < -0.4 is 14.4 Å². The van der Waals surface area contributed by atoms with Crippen LogP contribution in [0.25, 0.3) is 5.78 Å². The number of aryl methyl sites for hydroxylation is 2. The van der Waals surface area contributed by atoms with Crippen molar-refractivity contribution in [2.45, 2.75) is 20.4 Å². The summed E-state index contributed by atoms with van der Waals surface area (Å²) in [6.45, 7) is 8.15. The number of amides is 1. The lowest BCUT2D eigenvalue weighted by Gasteiger charge is -2.31. The minimum absolute atomic E-state index is 0.130. The molecule has 0 radical (unpaired) electrons. The molecule has 3 aromatic rings. The van der Waals surface area contributed by atoms with Crippen molar-refractivity contribution < 1.29 is 19.2 Å². The minimum atomic E-state index is -0.130. The predicted molar refractivity (Wildman–Crippen MR) is 103 cm³/mol. The zero-order valence-electron chi connectivity index (χ0n) is 16.5. The molecule has 1 amide bonds. The summed E-state index contributed by atoms with van der Waals surface area (Å²) in [5.41, 5.74) is 2.99. The molecule has 0 spiro atoms. The van der Waals surface area contributed by atoms with Crippen molar-refractivity contribution in [3.05, 3.63) is 47.0 Å². The largest absolute Gasteiger partial charge is 0.454 e. The van der Waals surface area contributed by atoms with Crippen LogP contribution in [0.5, 0.6) is 11.5 Å². The first-order valence-electron chi connectivity index (χ1n) is 9.79. The van der Waals surface area contributed by atoms with E-state index in [4.69, 9.17) is 9.47 Å². The van der Waals surface area contributed by atoms with Gasteiger partial charge in [0, 0.05) is 17.0 Å². The Labute approximate surface area is 167 Å². The van der Waals surface area contributed by atoms with Gasteiger partial charge < -0.3 is 19.3 Å². The fourth-order valence-electron chi connectivity index (χ4n) is 3.94. The monoisotopic (exact) mass is 395 g/mol. The van der Waals surface area contributed by atoms with Gasteiger partial charge in [-0.2, -0.15) is 4.98 Å². The van der Waals surface area contributed by atoms with E-state index >= 15 is 0 Å². The maximum absolute atomic E-state index is 12.9. The van der Waals surface area contributed by atoms with E-state index in [0.29, 0.717) is 18.9 Å². The van der Waals surface area contributed by atoms with Gasteiger partial charge in [-0.3, -0.25) is 4.79 Å². The predicted octanol–water partition coefficient (Wildman–Crippen LogP) is 0.0107. The fourth-order valence-corrected chi connectivity index (χ4v) is 3.94. The van der Waals surface area contributed by atoms with E-state index < -0.39 is 0 Å². The Balaban J connectivity index is 1.23. The van der Waals surface area contributed by atoms with E-state index in [1.54, 1.807) is 4.52 Å². The number of ether oxygens (including phenoxy) is 2. The summed E-state index contributed by atoms with van der Waals surface area (Å²) >= 11 is 0. The number of quaternary nitrogens is 1. The summed E-state index contributed by atoms with van der Waals surface area (Å²) in [4.78, 5) is 24.9. The highest BCUT2D eigenvalue weighted by molar-refractivity contribution is 5.90. The second kappa shape index (κ2) is 7.00. The van der Waals surface area contributed by atoms with Crippen molar-refractivity contribution in [1.29, 1.82) is 0 Å². The molecule has 0 bridgehead atoms. The minimum Gasteiger partial charge on any atom is -0.454 e. The highest BCUT2D eigenvalue weighted by Gasteiger charge is 2.28. The molecule has 2 aromatic heterocycles. The van der Waals surface area contributed by atoms with Gasteiger partial charge in [-0.05, 0) is 38.1 Å². The van der Waals surface area contributed by atoms with Gasteiger partial charge >= 0.3 is 0 Å². The average Bonchev–Trinajstić information content (AvgIpc) is 3.34. The lowest BCUT2D eigenvalue weighted by molar-refractivity contribution is -0.917. The van der Waals surface area contributed by atoms with Crippen molar-refractivity contribution in [3.8, 4) is 11.5 Å². The molecule has 9 nitrogen and oxygen atoms in total. The number of hydrogen-bond acceptors (Lipinski definition) is 6. The van der Waals surface area contributed by atoms with E-state index in [9.17, 15) is 4.79 Å². The zero-order chi connectivity index (χ0) is 20.0. The van der Waals surface area contributed by atoms with E-state index in [0.717, 1.165) is 42.5 Å². The number of benzene rings is 1. The molecule has 1 aromatic carbocycles. The Morgan fingerprint density at radius 3 is 2.72 bits per heavy atom. The van der Waals surface area contributed by atoms with Crippen LogP contribution in [0.1, 0.15) is 27.6 Å². The number of carbonyl (C=O) groups is 1. The molecular weight excluding hydrogens is 372 g/mol. The highest BCUT2D eigenvalue weighted by atomic mass is 16.7. The van der Waals surface area contributed by atoms with E-state index in [1.165, 1.54) is 10.5 Å². The Morgan fingerprint density at radius 2 is 1.90 bits per heavy atom. The van der Waals surface area contributed by atoms with Crippen LogP contribution >= 0.6 is 0 Å². The van der Waals surface area contributed by atoms with E-state index in [2.05, 4.69) is 21.1 Å². The molecule has 29 heavy (non-hydrogen) atoms. The topological polar surface area (TPSA) is 86.3 Å². The van der Waals surface area contributed by atoms with Gasteiger partial charge in [-0.1, -0.05) is 0 Å². The van der Waals surface area contributed by atoms with Crippen LogP contribution in [0, 0.1) is 13.8 Å². The molecule has 150 valence electrons. The summed E-state index contributed by atoms with van der Waals surface area (Å²) in [5.74, 6) is 2.17. The summed E-state index contributed by atoms with van der Waals surface area (Å²) in [5, 5.41) is 4.37. The molecule has 9 heteroatoms. The van der Waals surface area contributed by atoms with Gasteiger partial charge in [0.05, 0.1) is 26.2 Å². The maximum Gasteiger partial charge on any atom is 0.294 e.